The second kappa shape index (κ2) is 20.2. The van der Waals surface area contributed by atoms with Crippen molar-refractivity contribution in [1.29, 1.82) is 0 Å². The summed E-state index contributed by atoms with van der Waals surface area (Å²) in [5, 5.41) is 21.5. The summed E-state index contributed by atoms with van der Waals surface area (Å²) in [6.07, 6.45) is -9.14. The largest absolute Gasteiger partial charge is 0.394 e. The molecule has 0 radical (unpaired) electrons. The van der Waals surface area contributed by atoms with E-state index in [0.29, 0.717) is 6.61 Å². The van der Waals surface area contributed by atoms with Gasteiger partial charge in [0.2, 0.25) is 0 Å². The number of aliphatic hydroxyl groups is 2. The summed E-state index contributed by atoms with van der Waals surface area (Å²) in [5.74, 6) is 0. The second-order valence-corrected chi connectivity index (χ2v) is 13.1. The van der Waals surface area contributed by atoms with Crippen LogP contribution in [0, 0.1) is 0 Å². The molecule has 0 bridgehead atoms. The van der Waals surface area contributed by atoms with Gasteiger partial charge in [-0.05, 0) is 22.3 Å². The quantitative estimate of drug-likeness (QED) is 0.147. The maximum Gasteiger partial charge on any atom is 0.187 e. The van der Waals surface area contributed by atoms with Gasteiger partial charge >= 0.3 is 0 Å². The van der Waals surface area contributed by atoms with E-state index in [1.54, 1.807) is 7.11 Å². The third kappa shape index (κ3) is 10.6. The molecule has 4 aromatic rings. The van der Waals surface area contributed by atoms with Crippen molar-refractivity contribution in [2.75, 3.05) is 27.4 Å². The lowest BCUT2D eigenvalue weighted by atomic mass is 9.96. The van der Waals surface area contributed by atoms with E-state index < -0.39 is 68.0 Å². The standard InChI is InChI=1S/C42H50O11/c1-45-37-35(44)33(23-43)51-42(39(37)49-26-31-19-11-5-12-20-31)53-36-34(28-47-24-29-15-7-3-8-16-29)52-41(46-2)40(50-27-32-21-13-6-14-22-32)38(36)48-25-30-17-9-4-10-18-30/h3-22,33-44H,23-28H2,1-2H3/t33-,34+,35+,36+,37-,38-,39+,40+,41-,42-/m0/s1. The van der Waals surface area contributed by atoms with Gasteiger partial charge in [-0.15, -0.1) is 0 Å². The zero-order valence-electron chi connectivity index (χ0n) is 30.1. The van der Waals surface area contributed by atoms with Gasteiger partial charge in [-0.25, -0.2) is 0 Å². The Labute approximate surface area is 311 Å². The SMILES string of the molecule is CO[C@H]1O[C@H](COCc2ccccc2)[C@@H](O[C@@H]2O[C@@H](CO)[C@@H](O)[C@H](OC)[C@H]2OCc2ccccc2)[C@H](OCc2ccccc2)[C@H]1OCc1ccccc1. The first-order chi connectivity index (χ1) is 26.1. The third-order valence-electron chi connectivity index (χ3n) is 9.43. The smallest absolute Gasteiger partial charge is 0.187 e. The number of methoxy groups -OCH3 is 2. The topological polar surface area (TPSA) is 124 Å². The molecule has 0 amide bonds. The van der Waals surface area contributed by atoms with Crippen LogP contribution in [0.15, 0.2) is 121 Å². The normalized spacial score (nSPS) is 28.8. The minimum Gasteiger partial charge on any atom is -0.394 e. The number of hydrogen-bond donors (Lipinski definition) is 2. The number of benzene rings is 4. The number of aliphatic hydroxyl groups excluding tert-OH is 2. The van der Waals surface area contributed by atoms with Gasteiger partial charge < -0.3 is 52.8 Å². The van der Waals surface area contributed by atoms with Gasteiger partial charge in [0.1, 0.15) is 48.8 Å². The molecule has 53 heavy (non-hydrogen) atoms. The molecule has 2 N–H and O–H groups in total. The summed E-state index contributed by atoms with van der Waals surface area (Å²) in [5.41, 5.74) is 3.82. The fraction of sp³-hybridized carbons (Fsp3) is 0.429. The van der Waals surface area contributed by atoms with Gasteiger partial charge in [0.15, 0.2) is 12.6 Å². The molecule has 2 aliphatic rings. The molecule has 10 atom stereocenters. The van der Waals surface area contributed by atoms with Crippen LogP contribution < -0.4 is 0 Å². The van der Waals surface area contributed by atoms with Crippen LogP contribution in [0.5, 0.6) is 0 Å². The predicted octanol–water partition coefficient (Wildman–Crippen LogP) is 4.81. The van der Waals surface area contributed by atoms with Gasteiger partial charge in [-0.1, -0.05) is 121 Å². The molecule has 0 aliphatic carbocycles. The van der Waals surface area contributed by atoms with Crippen molar-refractivity contribution in [1.82, 2.24) is 0 Å². The van der Waals surface area contributed by atoms with Crippen LogP contribution >= 0.6 is 0 Å². The second-order valence-electron chi connectivity index (χ2n) is 13.1. The van der Waals surface area contributed by atoms with E-state index in [0.717, 1.165) is 22.3 Å². The highest BCUT2D eigenvalue weighted by Crippen LogP contribution is 2.35. The molecular formula is C42H50O11. The molecule has 6 rings (SSSR count). The maximum atomic E-state index is 11.2. The summed E-state index contributed by atoms with van der Waals surface area (Å²) >= 11 is 0. The summed E-state index contributed by atoms with van der Waals surface area (Å²) in [7, 11) is 3.05. The van der Waals surface area contributed by atoms with Crippen molar-refractivity contribution in [2.45, 2.75) is 87.8 Å². The Morgan fingerprint density at radius 3 is 1.38 bits per heavy atom. The summed E-state index contributed by atoms with van der Waals surface area (Å²) in [4.78, 5) is 0. The van der Waals surface area contributed by atoms with Crippen LogP contribution in [0.4, 0.5) is 0 Å². The molecule has 0 spiro atoms. The first-order valence-corrected chi connectivity index (χ1v) is 18.0. The zero-order chi connectivity index (χ0) is 36.8. The Hall–Kier alpha value is -3.56. The van der Waals surface area contributed by atoms with Gasteiger partial charge in [0, 0.05) is 14.2 Å². The fourth-order valence-corrected chi connectivity index (χ4v) is 6.65. The van der Waals surface area contributed by atoms with E-state index >= 15 is 0 Å². The lowest BCUT2D eigenvalue weighted by molar-refractivity contribution is -0.371. The molecule has 11 nitrogen and oxygen atoms in total. The Balaban J connectivity index is 1.33. The average molecular weight is 731 g/mol. The molecule has 2 heterocycles. The first kappa shape index (κ1) is 39.1. The van der Waals surface area contributed by atoms with E-state index in [9.17, 15) is 10.2 Å². The minimum atomic E-state index is -1.19. The first-order valence-electron chi connectivity index (χ1n) is 18.0. The Kier molecular flexibility index (Phi) is 14.9. The molecule has 0 unspecified atom stereocenters. The lowest BCUT2D eigenvalue weighted by Gasteiger charge is -2.49. The molecular weight excluding hydrogens is 680 g/mol. The highest BCUT2D eigenvalue weighted by Gasteiger charge is 2.53. The van der Waals surface area contributed by atoms with Crippen molar-refractivity contribution in [3.63, 3.8) is 0 Å². The van der Waals surface area contributed by atoms with Crippen LogP contribution in [0.1, 0.15) is 22.3 Å². The monoisotopic (exact) mass is 730 g/mol. The number of ether oxygens (including phenoxy) is 9. The van der Waals surface area contributed by atoms with Crippen LogP contribution in [-0.2, 0) is 69.1 Å². The molecule has 2 saturated heterocycles. The molecule has 2 fully saturated rings. The maximum absolute atomic E-state index is 11.2. The van der Waals surface area contributed by atoms with Crippen LogP contribution in [0.2, 0.25) is 0 Å². The van der Waals surface area contributed by atoms with Crippen molar-refractivity contribution < 1.29 is 52.8 Å². The Morgan fingerprint density at radius 1 is 0.491 bits per heavy atom. The van der Waals surface area contributed by atoms with E-state index in [1.165, 1.54) is 7.11 Å². The van der Waals surface area contributed by atoms with Crippen molar-refractivity contribution >= 4 is 0 Å². The van der Waals surface area contributed by atoms with Crippen LogP contribution in [0.3, 0.4) is 0 Å². The molecule has 0 saturated carbocycles. The third-order valence-corrected chi connectivity index (χ3v) is 9.43. The predicted molar refractivity (Wildman–Crippen MR) is 194 cm³/mol. The van der Waals surface area contributed by atoms with Crippen molar-refractivity contribution in [3.05, 3.63) is 144 Å². The molecule has 2 aliphatic heterocycles. The van der Waals surface area contributed by atoms with Crippen molar-refractivity contribution in [2.24, 2.45) is 0 Å². The minimum absolute atomic E-state index is 0.109. The van der Waals surface area contributed by atoms with E-state index in [4.69, 9.17) is 42.6 Å². The average Bonchev–Trinajstić information content (AvgIpc) is 3.21. The highest BCUT2D eigenvalue weighted by atomic mass is 16.8. The van der Waals surface area contributed by atoms with Crippen molar-refractivity contribution in [3.8, 4) is 0 Å². The Morgan fingerprint density at radius 2 is 0.925 bits per heavy atom. The fourth-order valence-electron chi connectivity index (χ4n) is 6.65. The van der Waals surface area contributed by atoms with Gasteiger partial charge in [-0.2, -0.15) is 0 Å². The summed E-state index contributed by atoms with van der Waals surface area (Å²) in [6, 6.07) is 39.1. The highest BCUT2D eigenvalue weighted by molar-refractivity contribution is 5.16. The lowest BCUT2D eigenvalue weighted by Crippen LogP contribution is -2.66. The summed E-state index contributed by atoms with van der Waals surface area (Å²) < 4.78 is 57.5. The zero-order valence-corrected chi connectivity index (χ0v) is 30.1. The van der Waals surface area contributed by atoms with E-state index in [1.807, 2.05) is 121 Å². The molecule has 4 aromatic carbocycles. The van der Waals surface area contributed by atoms with E-state index in [2.05, 4.69) is 0 Å². The summed E-state index contributed by atoms with van der Waals surface area (Å²) in [6.45, 7) is 0.662. The van der Waals surface area contributed by atoms with Gasteiger partial charge in [-0.3, -0.25) is 0 Å². The molecule has 11 heteroatoms. The molecule has 284 valence electrons. The number of rotatable bonds is 18. The van der Waals surface area contributed by atoms with Gasteiger partial charge in [0.05, 0.1) is 39.6 Å². The van der Waals surface area contributed by atoms with E-state index in [-0.39, 0.29) is 26.4 Å². The Bertz CT molecular complexity index is 1580. The van der Waals surface area contributed by atoms with Gasteiger partial charge in [0.25, 0.3) is 0 Å². The number of hydrogen-bond acceptors (Lipinski definition) is 11. The molecule has 0 aromatic heterocycles. The van der Waals surface area contributed by atoms with Crippen LogP contribution in [-0.4, -0.2) is 99.1 Å². The van der Waals surface area contributed by atoms with Crippen LogP contribution in [0.25, 0.3) is 0 Å².